The van der Waals surface area contributed by atoms with E-state index in [1.54, 1.807) is 0 Å². The molecule has 0 saturated carbocycles. The molecular formula is C15H23. The molecule has 0 aliphatic rings. The zero-order valence-electron chi connectivity index (χ0n) is 10.5. The first-order chi connectivity index (χ1) is 7.09. The quantitative estimate of drug-likeness (QED) is 0.656. The van der Waals surface area contributed by atoms with Crippen molar-refractivity contribution in [1.82, 2.24) is 0 Å². The summed E-state index contributed by atoms with van der Waals surface area (Å²) in [4.78, 5) is 0. The number of hydrogen-bond acceptors (Lipinski definition) is 0. The Morgan fingerprint density at radius 3 is 2.60 bits per heavy atom. The molecule has 1 radical (unpaired) electrons. The first-order valence-corrected chi connectivity index (χ1v) is 6.06. The summed E-state index contributed by atoms with van der Waals surface area (Å²) in [6.45, 7) is 9.28. The second-order valence-electron chi connectivity index (χ2n) is 5.04. The molecule has 0 amide bonds. The average Bonchev–Trinajstić information content (AvgIpc) is 2.27. The highest BCUT2D eigenvalue weighted by molar-refractivity contribution is 5.22. The van der Waals surface area contributed by atoms with Crippen molar-refractivity contribution in [3.05, 3.63) is 35.9 Å². The molecule has 0 heterocycles. The molecule has 0 nitrogen and oxygen atoms in total. The van der Waals surface area contributed by atoms with E-state index >= 15 is 0 Å². The average molecular weight is 203 g/mol. The fraction of sp³-hybridized carbons (Fsp3) is 0.600. The smallest absolute Gasteiger partial charge is 0.00718 e. The van der Waals surface area contributed by atoms with Crippen LogP contribution in [0.4, 0.5) is 0 Å². The number of benzene rings is 1. The lowest BCUT2D eigenvalue weighted by Gasteiger charge is -2.32. The molecule has 1 rings (SSSR count). The topological polar surface area (TPSA) is 0 Å². The van der Waals surface area contributed by atoms with Gasteiger partial charge in [-0.3, -0.25) is 0 Å². The molecule has 1 aromatic rings. The Kier molecular flexibility index (Phi) is 4.38. The van der Waals surface area contributed by atoms with E-state index in [2.05, 4.69) is 45.9 Å². The normalized spacial score (nSPS) is 13.9. The third kappa shape index (κ3) is 3.09. The van der Waals surface area contributed by atoms with Gasteiger partial charge in [0.15, 0.2) is 0 Å². The van der Waals surface area contributed by atoms with Gasteiger partial charge < -0.3 is 0 Å². The monoisotopic (exact) mass is 203 g/mol. The van der Waals surface area contributed by atoms with Crippen LogP contribution in [-0.2, 0) is 5.41 Å². The summed E-state index contributed by atoms with van der Waals surface area (Å²) in [7, 11) is 0. The van der Waals surface area contributed by atoms with Crippen molar-refractivity contribution in [1.29, 1.82) is 0 Å². The largest absolute Gasteiger partial charge is 0.0654 e. The lowest BCUT2D eigenvalue weighted by Crippen LogP contribution is -2.26. The predicted molar refractivity (Wildman–Crippen MR) is 67.0 cm³/mol. The first-order valence-electron chi connectivity index (χ1n) is 6.06. The molecule has 0 aromatic heterocycles. The van der Waals surface area contributed by atoms with Crippen LogP contribution < -0.4 is 0 Å². The second kappa shape index (κ2) is 5.34. The number of hydrogen-bond donors (Lipinski definition) is 0. The molecule has 0 fully saturated rings. The van der Waals surface area contributed by atoms with E-state index in [1.807, 2.05) is 12.1 Å². The van der Waals surface area contributed by atoms with Crippen LogP contribution in [0.15, 0.2) is 24.3 Å². The third-order valence-corrected chi connectivity index (χ3v) is 3.63. The fourth-order valence-electron chi connectivity index (χ4n) is 1.93. The lowest BCUT2D eigenvalue weighted by molar-refractivity contribution is 0.316. The van der Waals surface area contributed by atoms with Crippen LogP contribution in [0.25, 0.3) is 0 Å². The van der Waals surface area contributed by atoms with Crippen LogP contribution in [0.2, 0.25) is 0 Å². The van der Waals surface area contributed by atoms with Gasteiger partial charge in [-0.15, -0.1) is 0 Å². The molecule has 0 bridgehead atoms. The number of unbranched alkanes of at least 4 members (excludes halogenated alkanes) is 1. The zero-order chi connectivity index (χ0) is 11.3. The molecule has 0 heteroatoms. The summed E-state index contributed by atoms with van der Waals surface area (Å²) in [5.41, 5.74) is 1.59. The van der Waals surface area contributed by atoms with E-state index in [4.69, 9.17) is 0 Å². The van der Waals surface area contributed by atoms with E-state index < -0.39 is 0 Å². The summed E-state index contributed by atoms with van der Waals surface area (Å²) in [6.07, 6.45) is 3.93. The summed E-state index contributed by atoms with van der Waals surface area (Å²) in [6, 6.07) is 11.7. The highest BCUT2D eigenvalue weighted by Gasteiger charge is 2.27. The van der Waals surface area contributed by atoms with Gasteiger partial charge in [-0.05, 0) is 29.4 Å². The van der Waals surface area contributed by atoms with Crippen LogP contribution in [-0.4, -0.2) is 0 Å². The van der Waals surface area contributed by atoms with E-state index in [0.717, 1.165) is 5.92 Å². The molecule has 1 atom stereocenters. The molecule has 1 unspecified atom stereocenters. The van der Waals surface area contributed by atoms with E-state index in [-0.39, 0.29) is 5.41 Å². The van der Waals surface area contributed by atoms with Gasteiger partial charge in [0.2, 0.25) is 0 Å². The van der Waals surface area contributed by atoms with Gasteiger partial charge in [-0.2, -0.15) is 0 Å². The third-order valence-electron chi connectivity index (χ3n) is 3.63. The predicted octanol–water partition coefficient (Wildman–Crippen LogP) is 4.59. The maximum Gasteiger partial charge on any atom is -0.00718 e. The molecule has 0 N–H and O–H groups in total. The second-order valence-corrected chi connectivity index (χ2v) is 5.04. The molecule has 83 valence electrons. The summed E-state index contributed by atoms with van der Waals surface area (Å²) in [5, 5.41) is 0. The summed E-state index contributed by atoms with van der Waals surface area (Å²) >= 11 is 0. The lowest BCUT2D eigenvalue weighted by atomic mass is 9.72. The van der Waals surface area contributed by atoms with Crippen LogP contribution in [0.1, 0.15) is 52.5 Å². The standard InChI is InChI=1S/C15H23/c1-5-6-10-13(2)15(3,4)14-11-8-7-9-12-14/h7-9,11,13H,5-6,10H2,1-4H3. The molecule has 0 spiro atoms. The minimum Gasteiger partial charge on any atom is -0.0654 e. The van der Waals surface area contributed by atoms with Gasteiger partial charge >= 0.3 is 0 Å². The molecule has 0 aliphatic heterocycles. The van der Waals surface area contributed by atoms with Crippen molar-refractivity contribution < 1.29 is 0 Å². The fourth-order valence-corrected chi connectivity index (χ4v) is 1.93. The van der Waals surface area contributed by atoms with Crippen molar-refractivity contribution in [3.8, 4) is 0 Å². The molecule has 0 aliphatic carbocycles. The Morgan fingerprint density at radius 1 is 1.33 bits per heavy atom. The highest BCUT2D eigenvalue weighted by Crippen LogP contribution is 2.33. The van der Waals surface area contributed by atoms with Crippen molar-refractivity contribution >= 4 is 0 Å². The maximum atomic E-state index is 3.37. The van der Waals surface area contributed by atoms with Gasteiger partial charge in [-0.25, -0.2) is 0 Å². The number of rotatable bonds is 5. The Morgan fingerprint density at radius 2 is 2.07 bits per heavy atom. The van der Waals surface area contributed by atoms with Crippen LogP contribution in [0.3, 0.4) is 0 Å². The minimum atomic E-state index is 0.246. The highest BCUT2D eigenvalue weighted by atomic mass is 14.3. The molecule has 1 aromatic carbocycles. The zero-order valence-corrected chi connectivity index (χ0v) is 10.5. The molecule has 0 saturated heterocycles. The van der Waals surface area contributed by atoms with Gasteiger partial charge in [0.05, 0.1) is 0 Å². The van der Waals surface area contributed by atoms with Gasteiger partial charge in [0.25, 0.3) is 0 Å². The van der Waals surface area contributed by atoms with Crippen LogP contribution >= 0.6 is 0 Å². The van der Waals surface area contributed by atoms with Crippen molar-refractivity contribution in [2.75, 3.05) is 0 Å². The van der Waals surface area contributed by atoms with Gasteiger partial charge in [0, 0.05) is 0 Å². The maximum absolute atomic E-state index is 3.37. The van der Waals surface area contributed by atoms with E-state index in [1.165, 1.54) is 24.8 Å². The molecule has 15 heavy (non-hydrogen) atoms. The van der Waals surface area contributed by atoms with Crippen molar-refractivity contribution in [3.63, 3.8) is 0 Å². The van der Waals surface area contributed by atoms with Crippen molar-refractivity contribution in [2.45, 2.75) is 52.4 Å². The van der Waals surface area contributed by atoms with Gasteiger partial charge in [0.1, 0.15) is 0 Å². The Labute approximate surface area is 94.7 Å². The minimum absolute atomic E-state index is 0.246. The summed E-state index contributed by atoms with van der Waals surface area (Å²) < 4.78 is 0. The van der Waals surface area contributed by atoms with Crippen LogP contribution in [0.5, 0.6) is 0 Å². The van der Waals surface area contributed by atoms with Gasteiger partial charge in [-0.1, -0.05) is 64.8 Å². The van der Waals surface area contributed by atoms with Crippen molar-refractivity contribution in [2.24, 2.45) is 5.92 Å². The Balaban J connectivity index is 2.73. The van der Waals surface area contributed by atoms with E-state index in [0.29, 0.717) is 0 Å². The Bertz CT molecular complexity index is 271. The Hall–Kier alpha value is -0.780. The van der Waals surface area contributed by atoms with Crippen LogP contribution in [0, 0.1) is 12.0 Å². The summed E-state index contributed by atoms with van der Waals surface area (Å²) in [5.74, 6) is 0.719. The SMILES string of the molecule is CCCCC(C)C(C)(C)c1[c]cccc1. The molecular weight excluding hydrogens is 180 g/mol. The van der Waals surface area contributed by atoms with E-state index in [9.17, 15) is 0 Å². The first kappa shape index (κ1) is 12.3.